The Morgan fingerprint density at radius 2 is 2.04 bits per heavy atom. The van der Waals surface area contributed by atoms with Crippen molar-refractivity contribution in [1.82, 2.24) is 15.0 Å². The van der Waals surface area contributed by atoms with E-state index in [4.69, 9.17) is 10.5 Å². The van der Waals surface area contributed by atoms with Gasteiger partial charge in [0.2, 0.25) is 0 Å². The Bertz CT molecular complexity index is 579. The van der Waals surface area contributed by atoms with Crippen molar-refractivity contribution in [2.75, 3.05) is 43.4 Å². The van der Waals surface area contributed by atoms with E-state index in [-0.39, 0.29) is 6.54 Å². The smallest absolute Gasteiger partial charge is 0.425 e. The van der Waals surface area contributed by atoms with E-state index in [0.717, 1.165) is 5.69 Å². The monoisotopic (exact) mass is 335 g/mol. The second-order valence-corrected chi connectivity index (χ2v) is 6.60. The fraction of sp³-hybridized carbons (Fsp3) is 0.562. The number of carbonyl (C=O) groups is 2. The van der Waals surface area contributed by atoms with Crippen LogP contribution in [0, 0.1) is 0 Å². The summed E-state index contributed by atoms with van der Waals surface area (Å²) in [5, 5.41) is 3.21. The summed E-state index contributed by atoms with van der Waals surface area (Å²) < 4.78 is 5.38. The number of nitrogens with zero attached hydrogens (tertiary/aromatic N) is 4. The van der Waals surface area contributed by atoms with Gasteiger partial charge in [-0.1, -0.05) is 0 Å². The number of anilines is 2. The maximum Gasteiger partial charge on any atom is 0.425 e. The highest BCUT2D eigenvalue weighted by atomic mass is 16.6. The summed E-state index contributed by atoms with van der Waals surface area (Å²) in [5.41, 5.74) is 6.92. The van der Waals surface area contributed by atoms with Crippen LogP contribution in [0.15, 0.2) is 18.5 Å². The Morgan fingerprint density at radius 1 is 1.38 bits per heavy atom. The number of amides is 1. The van der Waals surface area contributed by atoms with Crippen LogP contribution in [0.1, 0.15) is 20.8 Å². The lowest BCUT2D eigenvalue weighted by Crippen LogP contribution is -2.57. The molecule has 8 heteroatoms. The van der Waals surface area contributed by atoms with Gasteiger partial charge in [-0.3, -0.25) is 4.98 Å². The minimum absolute atomic E-state index is 0.0215. The van der Waals surface area contributed by atoms with E-state index in [9.17, 15) is 9.59 Å². The van der Waals surface area contributed by atoms with E-state index in [1.807, 2.05) is 11.1 Å². The first kappa shape index (κ1) is 18.0. The van der Waals surface area contributed by atoms with Crippen LogP contribution in [0.3, 0.4) is 0 Å². The molecule has 1 aromatic heterocycles. The van der Waals surface area contributed by atoms with Crippen LogP contribution < -0.4 is 10.6 Å². The molecule has 1 amide bonds. The lowest BCUT2D eigenvalue weighted by molar-refractivity contribution is -0.114. The fourth-order valence-electron chi connectivity index (χ4n) is 2.56. The quantitative estimate of drug-likeness (QED) is 0.825. The first-order chi connectivity index (χ1) is 11.3. The first-order valence-corrected chi connectivity index (χ1v) is 7.95. The van der Waals surface area contributed by atoms with Crippen LogP contribution >= 0.6 is 0 Å². The molecule has 2 heterocycles. The Hall–Kier alpha value is -2.35. The van der Waals surface area contributed by atoms with Gasteiger partial charge in [0.05, 0.1) is 24.1 Å². The van der Waals surface area contributed by atoms with Gasteiger partial charge >= 0.3 is 6.09 Å². The van der Waals surface area contributed by atoms with Gasteiger partial charge in [-0.2, -0.15) is 0 Å². The van der Waals surface area contributed by atoms with Crippen molar-refractivity contribution in [2.24, 2.45) is 0 Å². The number of hydrogen-bond donors (Lipinski definition) is 1. The average Bonchev–Trinajstić information content (AvgIpc) is 2.52. The highest BCUT2D eigenvalue weighted by molar-refractivity contribution is 5.71. The minimum Gasteiger partial charge on any atom is -0.443 e. The van der Waals surface area contributed by atoms with Crippen LogP contribution in [0.5, 0.6) is 0 Å². The van der Waals surface area contributed by atoms with Gasteiger partial charge in [-0.05, 0) is 26.8 Å². The van der Waals surface area contributed by atoms with E-state index in [1.165, 1.54) is 5.01 Å². The molecule has 1 aliphatic heterocycles. The molecule has 0 aliphatic carbocycles. The van der Waals surface area contributed by atoms with Crippen molar-refractivity contribution in [3.63, 3.8) is 0 Å². The predicted octanol–water partition coefficient (Wildman–Crippen LogP) is 1.14. The van der Waals surface area contributed by atoms with Gasteiger partial charge in [-0.15, -0.1) is 0 Å². The molecule has 2 N–H and O–H groups in total. The lowest BCUT2D eigenvalue weighted by atomic mass is 10.2. The Morgan fingerprint density at radius 3 is 2.58 bits per heavy atom. The largest absolute Gasteiger partial charge is 0.443 e. The number of pyridine rings is 1. The number of hydrazine groups is 1. The van der Waals surface area contributed by atoms with Crippen LogP contribution in [-0.2, 0) is 9.53 Å². The van der Waals surface area contributed by atoms with Gasteiger partial charge in [-0.25, -0.2) is 14.8 Å². The summed E-state index contributed by atoms with van der Waals surface area (Å²) in [6, 6.07) is 1.88. The molecule has 1 aliphatic rings. The number of hydrogen-bond acceptors (Lipinski definition) is 7. The molecular formula is C16H25N5O3. The van der Waals surface area contributed by atoms with Gasteiger partial charge in [0.25, 0.3) is 0 Å². The number of piperazine rings is 1. The molecule has 0 atom stereocenters. The molecule has 2 rings (SSSR count). The SMILES string of the molecule is CC(C)(C)OC(=O)N(CC=O)N1CCN(c2ccncc2N)CC1. The number of aromatic nitrogens is 1. The zero-order chi connectivity index (χ0) is 17.7. The molecule has 1 fully saturated rings. The molecule has 0 radical (unpaired) electrons. The number of rotatable bonds is 4. The molecule has 8 nitrogen and oxygen atoms in total. The van der Waals surface area contributed by atoms with E-state index in [1.54, 1.807) is 33.2 Å². The highest BCUT2D eigenvalue weighted by Crippen LogP contribution is 2.23. The maximum absolute atomic E-state index is 12.3. The van der Waals surface area contributed by atoms with Crippen molar-refractivity contribution in [3.05, 3.63) is 18.5 Å². The second kappa shape index (κ2) is 7.48. The van der Waals surface area contributed by atoms with E-state index >= 15 is 0 Å². The molecule has 0 unspecified atom stereocenters. The molecule has 0 aromatic carbocycles. The molecule has 0 saturated carbocycles. The topological polar surface area (TPSA) is 92.0 Å². The molecular weight excluding hydrogens is 310 g/mol. The summed E-state index contributed by atoms with van der Waals surface area (Å²) in [4.78, 5) is 29.4. The normalized spacial score (nSPS) is 15.9. The number of aldehydes is 1. The highest BCUT2D eigenvalue weighted by Gasteiger charge is 2.29. The summed E-state index contributed by atoms with van der Waals surface area (Å²) in [6.45, 7) is 7.94. The third kappa shape index (κ3) is 4.58. The molecule has 24 heavy (non-hydrogen) atoms. The van der Waals surface area contributed by atoms with Crippen molar-refractivity contribution < 1.29 is 14.3 Å². The number of nitrogens with two attached hydrogens (primary N) is 1. The number of ether oxygens (including phenoxy) is 1. The molecule has 0 bridgehead atoms. The zero-order valence-corrected chi connectivity index (χ0v) is 14.4. The zero-order valence-electron chi connectivity index (χ0n) is 14.4. The number of nitrogen functional groups attached to an aromatic ring is 1. The average molecular weight is 335 g/mol. The predicted molar refractivity (Wildman–Crippen MR) is 91.4 cm³/mol. The van der Waals surface area contributed by atoms with Crippen molar-refractivity contribution >= 4 is 23.8 Å². The van der Waals surface area contributed by atoms with Gasteiger partial charge in [0, 0.05) is 32.4 Å². The molecule has 132 valence electrons. The van der Waals surface area contributed by atoms with Gasteiger partial charge in [0.15, 0.2) is 0 Å². The minimum atomic E-state index is -0.606. The van der Waals surface area contributed by atoms with E-state index < -0.39 is 11.7 Å². The van der Waals surface area contributed by atoms with Crippen molar-refractivity contribution in [3.8, 4) is 0 Å². The van der Waals surface area contributed by atoms with Crippen LogP contribution in [0.25, 0.3) is 0 Å². The third-order valence-electron chi connectivity index (χ3n) is 3.62. The summed E-state index contributed by atoms with van der Waals surface area (Å²) >= 11 is 0. The van der Waals surface area contributed by atoms with Gasteiger partial charge < -0.3 is 20.2 Å². The Balaban J connectivity index is 2.01. The van der Waals surface area contributed by atoms with E-state index in [0.29, 0.717) is 38.2 Å². The summed E-state index contributed by atoms with van der Waals surface area (Å²) in [7, 11) is 0. The van der Waals surface area contributed by atoms with Crippen molar-refractivity contribution in [2.45, 2.75) is 26.4 Å². The maximum atomic E-state index is 12.3. The standard InChI is InChI=1S/C16H25N5O3/c1-16(2,3)24-15(23)21(10-11-22)20-8-6-19(7-9-20)14-4-5-18-12-13(14)17/h4-5,11-12H,6-10,17H2,1-3H3. The number of carbonyl (C=O) groups excluding carboxylic acids is 2. The van der Waals surface area contributed by atoms with Crippen LogP contribution in [-0.4, -0.2) is 65.7 Å². The van der Waals surface area contributed by atoms with Crippen LogP contribution in [0.4, 0.5) is 16.2 Å². The van der Waals surface area contributed by atoms with E-state index in [2.05, 4.69) is 9.88 Å². The summed E-state index contributed by atoms with van der Waals surface area (Å²) in [5.74, 6) is 0. The Labute approximate surface area is 142 Å². The molecule has 1 saturated heterocycles. The fourth-order valence-corrected chi connectivity index (χ4v) is 2.56. The molecule has 1 aromatic rings. The second-order valence-electron chi connectivity index (χ2n) is 6.60. The Kier molecular flexibility index (Phi) is 5.61. The van der Waals surface area contributed by atoms with Crippen LogP contribution in [0.2, 0.25) is 0 Å². The van der Waals surface area contributed by atoms with Gasteiger partial charge in [0.1, 0.15) is 11.9 Å². The first-order valence-electron chi connectivity index (χ1n) is 7.95. The lowest BCUT2D eigenvalue weighted by Gasteiger charge is -2.41. The van der Waals surface area contributed by atoms with Crippen molar-refractivity contribution in [1.29, 1.82) is 0 Å². The summed E-state index contributed by atoms with van der Waals surface area (Å²) in [6.07, 6.45) is 3.53. The third-order valence-corrected chi connectivity index (χ3v) is 3.62. The molecule has 0 spiro atoms.